The van der Waals surface area contributed by atoms with E-state index in [1.807, 2.05) is 0 Å². The molecule has 0 amide bonds. The van der Waals surface area contributed by atoms with Gasteiger partial charge in [0.2, 0.25) is 0 Å². The zero-order chi connectivity index (χ0) is 15.3. The van der Waals surface area contributed by atoms with Crippen molar-refractivity contribution in [2.24, 2.45) is 0 Å². The highest BCUT2D eigenvalue weighted by Crippen LogP contribution is 2.38. The highest BCUT2D eigenvalue weighted by atomic mass is 31.2. The molecule has 20 heavy (non-hydrogen) atoms. The van der Waals surface area contributed by atoms with Crippen LogP contribution >= 0.6 is 7.82 Å². The SMILES string of the molecule is O=[N+]([O-])C(CN(c1ccccc1)[N+](=O)[O-])OP(=O)(O)O. The highest BCUT2D eigenvalue weighted by molar-refractivity contribution is 7.46. The third kappa shape index (κ3) is 4.90. The molecule has 1 rings (SSSR count). The van der Waals surface area contributed by atoms with E-state index >= 15 is 0 Å². The van der Waals surface area contributed by atoms with E-state index in [1.165, 1.54) is 24.3 Å². The summed E-state index contributed by atoms with van der Waals surface area (Å²) in [7, 11) is -5.14. The van der Waals surface area contributed by atoms with Crippen molar-refractivity contribution >= 4 is 13.5 Å². The fourth-order valence-corrected chi connectivity index (χ4v) is 1.77. The Morgan fingerprint density at radius 1 is 1.25 bits per heavy atom. The largest absolute Gasteiger partial charge is 0.474 e. The van der Waals surface area contributed by atoms with Crippen LogP contribution in [0.25, 0.3) is 0 Å². The van der Waals surface area contributed by atoms with Gasteiger partial charge in [0.15, 0.2) is 11.6 Å². The molecule has 0 bridgehead atoms. The van der Waals surface area contributed by atoms with Crippen molar-refractivity contribution in [2.45, 2.75) is 6.23 Å². The van der Waals surface area contributed by atoms with Gasteiger partial charge in [-0.05, 0) is 12.1 Å². The topological polar surface area (TPSA) is 156 Å². The number of hydrogen-bond acceptors (Lipinski definition) is 6. The lowest BCUT2D eigenvalue weighted by Crippen LogP contribution is -2.41. The number of para-hydroxylation sites is 1. The van der Waals surface area contributed by atoms with E-state index < -0.39 is 30.6 Å². The molecule has 0 aliphatic carbocycles. The van der Waals surface area contributed by atoms with E-state index in [4.69, 9.17) is 9.79 Å². The van der Waals surface area contributed by atoms with Crippen LogP contribution in [0, 0.1) is 20.2 Å². The Morgan fingerprint density at radius 3 is 2.20 bits per heavy atom. The van der Waals surface area contributed by atoms with Crippen molar-refractivity contribution in [2.75, 3.05) is 11.6 Å². The zero-order valence-electron chi connectivity index (χ0n) is 9.80. The third-order valence-corrected chi connectivity index (χ3v) is 2.59. The van der Waals surface area contributed by atoms with Gasteiger partial charge in [0.1, 0.15) is 5.69 Å². The van der Waals surface area contributed by atoms with E-state index in [1.54, 1.807) is 6.07 Å². The average Bonchev–Trinajstić information content (AvgIpc) is 2.33. The molecule has 1 unspecified atom stereocenters. The summed E-state index contributed by atoms with van der Waals surface area (Å²) in [6.07, 6.45) is -2.25. The number of nitro groups is 2. The van der Waals surface area contributed by atoms with Crippen molar-refractivity contribution in [3.05, 3.63) is 50.6 Å². The van der Waals surface area contributed by atoms with Crippen LogP contribution in [0.1, 0.15) is 0 Å². The fourth-order valence-electron chi connectivity index (χ4n) is 1.31. The monoisotopic (exact) mass is 307 g/mol. The predicted octanol–water partition coefficient (Wildman–Crippen LogP) is 0.397. The van der Waals surface area contributed by atoms with Gasteiger partial charge in [0, 0.05) is 0 Å². The van der Waals surface area contributed by atoms with Crippen LogP contribution in [-0.4, -0.2) is 32.5 Å². The normalized spacial score (nSPS) is 12.7. The van der Waals surface area contributed by atoms with Gasteiger partial charge in [0.25, 0.3) is 0 Å². The number of anilines is 1. The van der Waals surface area contributed by atoms with Crippen LogP contribution in [0.3, 0.4) is 0 Å². The summed E-state index contributed by atoms with van der Waals surface area (Å²) in [5.41, 5.74) is 0.0126. The molecule has 11 nitrogen and oxygen atoms in total. The Balaban J connectivity index is 2.96. The average molecular weight is 307 g/mol. The number of phosphoric acid groups is 1. The number of rotatable bonds is 7. The summed E-state index contributed by atoms with van der Waals surface area (Å²) in [5, 5.41) is 21.0. The molecule has 2 N–H and O–H groups in total. The van der Waals surface area contributed by atoms with Crippen LogP contribution in [-0.2, 0) is 9.09 Å². The lowest BCUT2D eigenvalue weighted by molar-refractivity contribution is -0.574. The minimum atomic E-state index is -5.14. The molecule has 1 aromatic rings. The first-order valence-corrected chi connectivity index (χ1v) is 6.58. The molecule has 0 aliphatic rings. The maximum absolute atomic E-state index is 10.9. The number of nitrogens with zero attached hydrogens (tertiary/aromatic N) is 3. The zero-order valence-corrected chi connectivity index (χ0v) is 10.7. The van der Waals surface area contributed by atoms with E-state index in [2.05, 4.69) is 4.52 Å². The van der Waals surface area contributed by atoms with E-state index in [9.17, 15) is 24.8 Å². The molecule has 0 aromatic heterocycles. The summed E-state index contributed by atoms with van der Waals surface area (Å²) < 4.78 is 14.5. The van der Waals surface area contributed by atoms with Crippen LogP contribution in [0.2, 0.25) is 0 Å². The summed E-state index contributed by atoms with van der Waals surface area (Å²) >= 11 is 0. The van der Waals surface area contributed by atoms with Crippen molar-refractivity contribution in [3.63, 3.8) is 0 Å². The smallest absolute Gasteiger partial charge is 0.302 e. The second-order valence-corrected chi connectivity index (χ2v) is 4.68. The summed E-state index contributed by atoms with van der Waals surface area (Å²) in [6, 6.07) is 7.15. The second-order valence-electron chi connectivity index (χ2n) is 3.49. The van der Waals surface area contributed by atoms with E-state index in [0.717, 1.165) is 0 Å². The van der Waals surface area contributed by atoms with Crippen LogP contribution in [0.15, 0.2) is 30.3 Å². The van der Waals surface area contributed by atoms with Gasteiger partial charge in [-0.3, -0.25) is 10.1 Å². The van der Waals surface area contributed by atoms with Crippen molar-refractivity contribution in [3.8, 4) is 0 Å². The summed E-state index contributed by atoms with van der Waals surface area (Å²) in [6.45, 7) is -0.963. The van der Waals surface area contributed by atoms with Gasteiger partial charge in [-0.2, -0.15) is 0 Å². The van der Waals surface area contributed by atoms with Gasteiger partial charge in [-0.25, -0.2) is 19.2 Å². The molecule has 110 valence electrons. The van der Waals surface area contributed by atoms with Gasteiger partial charge in [-0.1, -0.05) is 23.2 Å². The third-order valence-electron chi connectivity index (χ3n) is 2.07. The maximum atomic E-state index is 10.9. The molecule has 0 saturated heterocycles. The Labute approximate surface area is 111 Å². The minimum absolute atomic E-state index is 0.0126. The quantitative estimate of drug-likeness (QED) is 0.315. The highest BCUT2D eigenvalue weighted by Gasteiger charge is 2.36. The first-order chi connectivity index (χ1) is 9.20. The molecule has 0 radical (unpaired) electrons. The maximum Gasteiger partial charge on any atom is 0.474 e. The van der Waals surface area contributed by atoms with Crippen LogP contribution in [0.5, 0.6) is 0 Å². The van der Waals surface area contributed by atoms with Crippen molar-refractivity contribution < 1.29 is 28.8 Å². The molecular weight excluding hydrogens is 297 g/mol. The Kier molecular flexibility index (Phi) is 5.11. The van der Waals surface area contributed by atoms with Crippen molar-refractivity contribution in [1.29, 1.82) is 0 Å². The first-order valence-electron chi connectivity index (χ1n) is 5.05. The fraction of sp³-hybridized carbons (Fsp3) is 0.250. The standard InChI is InChI=1S/C8H10N3O8P/c12-10(13)8(19-20(16,17)18)6-9(11(14)15)7-4-2-1-3-5-7/h1-5,8H,6H2,(H2,16,17,18). The van der Waals surface area contributed by atoms with E-state index in [0.29, 0.717) is 5.01 Å². The van der Waals surface area contributed by atoms with Crippen LogP contribution < -0.4 is 5.01 Å². The van der Waals surface area contributed by atoms with Gasteiger partial charge >= 0.3 is 14.1 Å². The summed E-state index contributed by atoms with van der Waals surface area (Å²) in [5.74, 6) is 0. The molecule has 1 aromatic carbocycles. The Bertz CT molecular complexity index is 532. The van der Waals surface area contributed by atoms with Crippen molar-refractivity contribution in [1.82, 2.24) is 0 Å². The lowest BCUT2D eigenvalue weighted by Gasteiger charge is -2.16. The van der Waals surface area contributed by atoms with Crippen LogP contribution in [0.4, 0.5) is 5.69 Å². The minimum Gasteiger partial charge on any atom is -0.302 e. The lowest BCUT2D eigenvalue weighted by atomic mass is 10.3. The second kappa shape index (κ2) is 6.39. The number of hydrogen-bond donors (Lipinski definition) is 2. The first kappa shape index (κ1) is 16.0. The molecule has 0 saturated carbocycles. The predicted molar refractivity (Wildman–Crippen MR) is 64.7 cm³/mol. The van der Waals surface area contributed by atoms with Gasteiger partial charge in [-0.15, -0.1) is 0 Å². The molecule has 0 fully saturated rings. The Morgan fingerprint density at radius 2 is 1.80 bits per heavy atom. The Hall–Kier alpha value is -2.07. The number of benzene rings is 1. The summed E-state index contributed by atoms with van der Waals surface area (Å²) in [4.78, 5) is 37.5. The molecule has 0 spiro atoms. The molecular formula is C8H10N3O8P. The number of hydrazine groups is 1. The van der Waals surface area contributed by atoms with Gasteiger partial charge in [0.05, 0.1) is 4.92 Å². The van der Waals surface area contributed by atoms with Gasteiger partial charge < -0.3 is 9.79 Å². The molecule has 1 atom stereocenters. The van der Waals surface area contributed by atoms with E-state index in [-0.39, 0.29) is 5.69 Å². The number of phosphoric ester groups is 1. The molecule has 0 heterocycles. The molecule has 12 heteroatoms. The molecule has 0 aliphatic heterocycles.